The molecule has 0 radical (unpaired) electrons. The van der Waals surface area contributed by atoms with Gasteiger partial charge in [-0.25, -0.2) is 4.79 Å². The summed E-state index contributed by atoms with van der Waals surface area (Å²) in [5.41, 5.74) is 0. The summed E-state index contributed by atoms with van der Waals surface area (Å²) in [7, 11) is 0. The van der Waals surface area contributed by atoms with Crippen LogP contribution in [0.4, 0.5) is 0 Å². The summed E-state index contributed by atoms with van der Waals surface area (Å²) >= 11 is 0. The van der Waals surface area contributed by atoms with Crippen molar-refractivity contribution >= 4 is 17.8 Å². The van der Waals surface area contributed by atoms with Gasteiger partial charge in [-0.15, -0.1) is 0 Å². The first-order chi connectivity index (χ1) is 6.11. The Morgan fingerprint density at radius 3 is 2.69 bits per heavy atom. The lowest BCUT2D eigenvalue weighted by Crippen LogP contribution is -2.39. The summed E-state index contributed by atoms with van der Waals surface area (Å²) in [5.74, 6) is -3.17. The third-order valence-electron chi connectivity index (χ3n) is 2.50. The van der Waals surface area contributed by atoms with Crippen molar-refractivity contribution in [1.29, 1.82) is 0 Å². The highest BCUT2D eigenvalue weighted by Crippen LogP contribution is 2.27. The van der Waals surface area contributed by atoms with Gasteiger partial charge in [0.05, 0.1) is 0 Å². The molecule has 0 saturated carbocycles. The predicted molar refractivity (Wildman–Crippen MR) is 39.6 cm³/mol. The van der Waals surface area contributed by atoms with Crippen LogP contribution in [0.2, 0.25) is 0 Å². The molecule has 0 aromatic carbocycles. The molecule has 0 aromatic heterocycles. The number of hydrogen-bond donors (Lipinski definition) is 3. The number of amides is 2. The van der Waals surface area contributed by atoms with E-state index in [9.17, 15) is 14.4 Å². The van der Waals surface area contributed by atoms with E-state index in [4.69, 9.17) is 5.11 Å². The van der Waals surface area contributed by atoms with E-state index in [1.165, 1.54) is 0 Å². The van der Waals surface area contributed by atoms with E-state index in [1.54, 1.807) is 0 Å². The van der Waals surface area contributed by atoms with Gasteiger partial charge in [-0.1, -0.05) is 0 Å². The number of rotatable bonds is 1. The molecule has 0 aliphatic carbocycles. The van der Waals surface area contributed by atoms with Gasteiger partial charge in [-0.05, 0) is 0 Å². The lowest BCUT2D eigenvalue weighted by Gasteiger charge is -2.09. The molecule has 2 saturated heterocycles. The zero-order valence-corrected chi connectivity index (χ0v) is 6.61. The van der Waals surface area contributed by atoms with Crippen molar-refractivity contribution in [2.24, 2.45) is 11.8 Å². The third kappa shape index (κ3) is 0.980. The van der Waals surface area contributed by atoms with Gasteiger partial charge in [-0.3, -0.25) is 9.59 Å². The lowest BCUT2D eigenvalue weighted by atomic mass is 9.93. The maximum absolute atomic E-state index is 11.1. The minimum atomic E-state index is -1.09. The fraction of sp³-hybridized carbons (Fsp3) is 0.571. The van der Waals surface area contributed by atoms with E-state index >= 15 is 0 Å². The molecule has 2 aliphatic heterocycles. The zero-order valence-electron chi connectivity index (χ0n) is 6.61. The lowest BCUT2D eigenvalue weighted by molar-refractivity contribution is -0.141. The van der Waals surface area contributed by atoms with Crippen molar-refractivity contribution in [3.05, 3.63) is 0 Å². The second-order valence-corrected chi connectivity index (χ2v) is 3.21. The summed E-state index contributed by atoms with van der Waals surface area (Å²) < 4.78 is 0. The van der Waals surface area contributed by atoms with E-state index in [-0.39, 0.29) is 12.5 Å². The summed E-state index contributed by atoms with van der Waals surface area (Å²) in [6.45, 7) is 0.263. The molecule has 2 fully saturated rings. The second kappa shape index (κ2) is 2.45. The van der Waals surface area contributed by atoms with Crippen LogP contribution in [0, 0.1) is 11.8 Å². The molecule has 3 N–H and O–H groups in total. The van der Waals surface area contributed by atoms with E-state index < -0.39 is 29.8 Å². The van der Waals surface area contributed by atoms with Crippen molar-refractivity contribution in [3.63, 3.8) is 0 Å². The number of hydrogen-bond acceptors (Lipinski definition) is 3. The topological polar surface area (TPSA) is 95.5 Å². The normalized spacial score (nSPS) is 36.8. The van der Waals surface area contributed by atoms with Crippen molar-refractivity contribution in [2.75, 3.05) is 6.54 Å². The van der Waals surface area contributed by atoms with Crippen molar-refractivity contribution in [1.82, 2.24) is 10.6 Å². The molecule has 0 bridgehead atoms. The molecular weight excluding hydrogens is 176 g/mol. The van der Waals surface area contributed by atoms with Crippen molar-refractivity contribution in [2.45, 2.75) is 6.04 Å². The Morgan fingerprint density at radius 2 is 2.08 bits per heavy atom. The quantitative estimate of drug-likeness (QED) is 0.408. The summed E-state index contributed by atoms with van der Waals surface area (Å²) in [6, 6.07) is -0.920. The molecule has 13 heavy (non-hydrogen) atoms. The van der Waals surface area contributed by atoms with Gasteiger partial charge in [0.2, 0.25) is 11.8 Å². The van der Waals surface area contributed by atoms with E-state index in [0.717, 1.165) is 0 Å². The molecule has 3 unspecified atom stereocenters. The molecule has 0 spiro atoms. The van der Waals surface area contributed by atoms with Crippen LogP contribution in [0.3, 0.4) is 0 Å². The molecule has 70 valence electrons. The number of carbonyl (C=O) groups excluding carboxylic acids is 2. The van der Waals surface area contributed by atoms with E-state index in [1.807, 2.05) is 0 Å². The van der Waals surface area contributed by atoms with Crippen LogP contribution >= 0.6 is 0 Å². The van der Waals surface area contributed by atoms with Crippen LogP contribution in [-0.2, 0) is 14.4 Å². The number of nitrogens with one attached hydrogen (secondary N) is 2. The van der Waals surface area contributed by atoms with Gasteiger partial charge in [0.1, 0.15) is 12.0 Å². The van der Waals surface area contributed by atoms with Crippen LogP contribution in [0.15, 0.2) is 0 Å². The average molecular weight is 184 g/mol. The molecule has 2 rings (SSSR count). The number of carbonyl (C=O) groups is 3. The first kappa shape index (κ1) is 8.03. The van der Waals surface area contributed by atoms with Crippen LogP contribution in [0.25, 0.3) is 0 Å². The maximum Gasteiger partial charge on any atom is 0.326 e. The van der Waals surface area contributed by atoms with Crippen LogP contribution in [0.1, 0.15) is 0 Å². The maximum atomic E-state index is 11.1. The van der Waals surface area contributed by atoms with Gasteiger partial charge < -0.3 is 15.7 Å². The Hall–Kier alpha value is -1.59. The Morgan fingerprint density at radius 1 is 1.38 bits per heavy atom. The van der Waals surface area contributed by atoms with E-state index in [0.29, 0.717) is 0 Å². The second-order valence-electron chi connectivity index (χ2n) is 3.21. The number of carboxylic acids is 1. The fourth-order valence-electron chi connectivity index (χ4n) is 1.86. The molecule has 2 aliphatic rings. The average Bonchev–Trinajstić information content (AvgIpc) is 2.55. The third-order valence-corrected chi connectivity index (χ3v) is 2.50. The zero-order chi connectivity index (χ0) is 9.59. The van der Waals surface area contributed by atoms with Crippen molar-refractivity contribution in [3.8, 4) is 0 Å². The molecule has 2 heterocycles. The highest BCUT2D eigenvalue weighted by molar-refractivity contribution is 6.06. The standard InChI is InChI=1S/C7H8N2O4/c10-5-3-2(1-8-5)4(7(12)13)9-6(3)11/h2-4H,1H2,(H,8,10)(H,9,11)(H,12,13). The van der Waals surface area contributed by atoms with Gasteiger partial charge in [0.15, 0.2) is 0 Å². The van der Waals surface area contributed by atoms with Crippen LogP contribution in [0.5, 0.6) is 0 Å². The summed E-state index contributed by atoms with van der Waals surface area (Å²) in [6.07, 6.45) is 0. The SMILES string of the molecule is O=C(O)C1NC(=O)C2C(=O)NCC12. The predicted octanol–water partition coefficient (Wildman–Crippen LogP) is -2.07. The molecule has 6 heteroatoms. The Bertz CT molecular complexity index is 301. The Balaban J connectivity index is 2.27. The number of aliphatic carboxylic acids is 1. The Kier molecular flexibility index (Phi) is 1.51. The largest absolute Gasteiger partial charge is 0.480 e. The summed E-state index contributed by atoms with van der Waals surface area (Å²) in [5, 5.41) is 13.5. The Labute approximate surface area is 73.3 Å². The van der Waals surface area contributed by atoms with Crippen molar-refractivity contribution < 1.29 is 19.5 Å². The minimum absolute atomic E-state index is 0.263. The smallest absolute Gasteiger partial charge is 0.326 e. The van der Waals surface area contributed by atoms with Gasteiger partial charge in [0, 0.05) is 12.5 Å². The van der Waals surface area contributed by atoms with Crippen LogP contribution in [-0.4, -0.2) is 35.5 Å². The van der Waals surface area contributed by atoms with Crippen LogP contribution < -0.4 is 10.6 Å². The number of fused-ring (bicyclic) bond motifs is 1. The number of carboxylic acid groups (broad SMARTS) is 1. The highest BCUT2D eigenvalue weighted by Gasteiger charge is 2.52. The summed E-state index contributed by atoms with van der Waals surface area (Å²) in [4.78, 5) is 32.9. The molecule has 0 aromatic rings. The molecule has 2 amide bonds. The minimum Gasteiger partial charge on any atom is -0.480 e. The first-order valence-corrected chi connectivity index (χ1v) is 3.92. The molecule has 3 atom stereocenters. The fourth-order valence-corrected chi connectivity index (χ4v) is 1.86. The molecule has 6 nitrogen and oxygen atoms in total. The van der Waals surface area contributed by atoms with Gasteiger partial charge >= 0.3 is 5.97 Å². The highest BCUT2D eigenvalue weighted by atomic mass is 16.4. The van der Waals surface area contributed by atoms with Gasteiger partial charge in [-0.2, -0.15) is 0 Å². The molecular formula is C7H8N2O4. The monoisotopic (exact) mass is 184 g/mol. The first-order valence-electron chi connectivity index (χ1n) is 3.92. The van der Waals surface area contributed by atoms with Gasteiger partial charge in [0.25, 0.3) is 0 Å². The van der Waals surface area contributed by atoms with E-state index in [2.05, 4.69) is 10.6 Å².